The number of ether oxygens (including phenoxy) is 1. The lowest BCUT2D eigenvalue weighted by molar-refractivity contribution is -0.384. The molecule has 0 spiro atoms. The van der Waals surface area contributed by atoms with Gasteiger partial charge < -0.3 is 10.1 Å². The van der Waals surface area contributed by atoms with Crippen LogP contribution in [0.5, 0.6) is 11.5 Å². The molecule has 0 saturated heterocycles. The first kappa shape index (κ1) is 19.7. The van der Waals surface area contributed by atoms with E-state index in [2.05, 4.69) is 10.4 Å². The van der Waals surface area contributed by atoms with E-state index in [0.717, 1.165) is 0 Å². The minimum Gasteiger partial charge on any atom is -0.457 e. The highest BCUT2D eigenvalue weighted by molar-refractivity contribution is 6.31. The molecule has 0 aliphatic rings. The third-order valence-electron chi connectivity index (χ3n) is 3.77. The van der Waals surface area contributed by atoms with Crippen molar-refractivity contribution in [1.82, 2.24) is 9.78 Å². The molecule has 3 aromatic rings. The number of nitro benzene ring substituents is 1. The van der Waals surface area contributed by atoms with Gasteiger partial charge in [0.1, 0.15) is 18.0 Å². The third kappa shape index (κ3) is 4.79. The highest BCUT2D eigenvalue weighted by Crippen LogP contribution is 2.30. The average molecular weight is 421 g/mol. The quantitative estimate of drug-likeness (QED) is 0.454. The number of non-ortho nitro benzene ring substituents is 1. The molecule has 1 amide bonds. The summed E-state index contributed by atoms with van der Waals surface area (Å²) in [5.41, 5.74) is 0.641. The van der Waals surface area contributed by atoms with Crippen LogP contribution in [-0.2, 0) is 11.3 Å². The van der Waals surface area contributed by atoms with E-state index in [0.29, 0.717) is 21.5 Å². The Morgan fingerprint density at radius 3 is 2.54 bits per heavy atom. The molecule has 1 heterocycles. The molecule has 8 nitrogen and oxygen atoms in total. The molecule has 0 unspecified atom stereocenters. The van der Waals surface area contributed by atoms with Crippen LogP contribution in [0.25, 0.3) is 0 Å². The molecule has 1 aromatic heterocycles. The van der Waals surface area contributed by atoms with Crippen molar-refractivity contribution in [2.45, 2.75) is 13.5 Å². The van der Waals surface area contributed by atoms with E-state index in [9.17, 15) is 14.9 Å². The summed E-state index contributed by atoms with van der Waals surface area (Å²) in [6.07, 6.45) is 1.44. The molecular formula is C18H14Cl2N4O4. The van der Waals surface area contributed by atoms with Gasteiger partial charge in [0, 0.05) is 17.2 Å². The van der Waals surface area contributed by atoms with Gasteiger partial charge in [0.25, 0.3) is 5.69 Å². The summed E-state index contributed by atoms with van der Waals surface area (Å²) < 4.78 is 7.07. The number of aromatic nitrogens is 2. The van der Waals surface area contributed by atoms with Crippen LogP contribution in [-0.4, -0.2) is 20.6 Å². The molecule has 1 N–H and O–H groups in total. The van der Waals surface area contributed by atoms with E-state index in [-0.39, 0.29) is 23.7 Å². The van der Waals surface area contributed by atoms with Gasteiger partial charge in [-0.15, -0.1) is 0 Å². The van der Waals surface area contributed by atoms with E-state index < -0.39 is 10.8 Å². The number of carbonyl (C=O) groups is 1. The topological polar surface area (TPSA) is 99.3 Å². The number of anilines is 1. The van der Waals surface area contributed by atoms with Crippen LogP contribution in [0, 0.1) is 17.0 Å². The van der Waals surface area contributed by atoms with Crippen molar-refractivity contribution in [3.63, 3.8) is 0 Å². The molecule has 10 heteroatoms. The third-order valence-corrected chi connectivity index (χ3v) is 4.39. The van der Waals surface area contributed by atoms with Gasteiger partial charge in [-0.3, -0.25) is 19.6 Å². The maximum Gasteiger partial charge on any atom is 0.275 e. The fourth-order valence-corrected chi connectivity index (χ4v) is 2.65. The Hall–Kier alpha value is -3.10. The standard InChI is InChI=1S/C18H14Cl2N4O4/c1-11-17(20)9-21-23(11)10-18(25)22-13-6-14(24(26)27)8-16(7-13)28-15-4-2-12(19)3-5-15/h2-9H,10H2,1H3,(H,22,25). The van der Waals surface area contributed by atoms with E-state index in [4.69, 9.17) is 27.9 Å². The Morgan fingerprint density at radius 1 is 1.21 bits per heavy atom. The van der Waals surface area contributed by atoms with Crippen molar-refractivity contribution in [2.75, 3.05) is 5.32 Å². The second-order valence-electron chi connectivity index (χ2n) is 5.81. The number of carbonyl (C=O) groups excluding carboxylic acids is 1. The molecule has 3 rings (SSSR count). The van der Waals surface area contributed by atoms with Gasteiger partial charge in [-0.25, -0.2) is 0 Å². The van der Waals surface area contributed by atoms with Crippen LogP contribution in [0.1, 0.15) is 5.69 Å². The van der Waals surface area contributed by atoms with Crippen molar-refractivity contribution >= 4 is 40.5 Å². The van der Waals surface area contributed by atoms with E-state index >= 15 is 0 Å². The summed E-state index contributed by atoms with van der Waals surface area (Å²) in [6.45, 7) is 1.64. The molecule has 0 aliphatic carbocycles. The lowest BCUT2D eigenvalue weighted by atomic mass is 10.2. The normalized spacial score (nSPS) is 10.5. The number of nitrogens with zero attached hydrogens (tertiary/aromatic N) is 3. The van der Waals surface area contributed by atoms with E-state index in [1.807, 2.05) is 0 Å². The van der Waals surface area contributed by atoms with Crippen molar-refractivity contribution in [1.29, 1.82) is 0 Å². The second kappa shape index (κ2) is 8.28. The monoisotopic (exact) mass is 420 g/mol. The summed E-state index contributed by atoms with van der Waals surface area (Å²) >= 11 is 11.8. The molecule has 0 saturated carbocycles. The smallest absolute Gasteiger partial charge is 0.275 e. The van der Waals surface area contributed by atoms with Gasteiger partial charge >= 0.3 is 0 Å². The predicted octanol–water partition coefficient (Wildman–Crippen LogP) is 4.84. The number of halogens is 2. The zero-order valence-corrected chi connectivity index (χ0v) is 16.1. The number of nitrogens with one attached hydrogen (secondary N) is 1. The Kier molecular flexibility index (Phi) is 5.81. The SMILES string of the molecule is Cc1c(Cl)cnn1CC(=O)Nc1cc(Oc2ccc(Cl)cc2)cc([N+](=O)[O-])c1. The highest BCUT2D eigenvalue weighted by atomic mass is 35.5. The Labute approximate surface area is 169 Å². The van der Waals surface area contributed by atoms with Crippen molar-refractivity contribution in [2.24, 2.45) is 0 Å². The molecule has 0 radical (unpaired) electrons. The maximum atomic E-state index is 12.3. The van der Waals surface area contributed by atoms with Crippen LogP contribution in [0.4, 0.5) is 11.4 Å². The first-order valence-corrected chi connectivity index (χ1v) is 8.78. The average Bonchev–Trinajstić information content (AvgIpc) is 2.95. The largest absolute Gasteiger partial charge is 0.457 e. The van der Waals surface area contributed by atoms with E-state index in [1.54, 1.807) is 31.2 Å². The number of hydrogen-bond acceptors (Lipinski definition) is 5. The van der Waals surface area contributed by atoms with Crippen LogP contribution < -0.4 is 10.1 Å². The first-order chi connectivity index (χ1) is 13.3. The second-order valence-corrected chi connectivity index (χ2v) is 6.66. The predicted molar refractivity (Wildman–Crippen MR) is 105 cm³/mol. The number of nitro groups is 1. The molecule has 0 aliphatic heterocycles. The Balaban J connectivity index is 1.80. The van der Waals surface area contributed by atoms with Crippen LogP contribution in [0.3, 0.4) is 0 Å². The number of amides is 1. The molecule has 144 valence electrons. The summed E-state index contributed by atoms with van der Waals surface area (Å²) in [5, 5.41) is 18.8. The first-order valence-electron chi connectivity index (χ1n) is 8.02. The van der Waals surface area contributed by atoms with Crippen molar-refractivity contribution in [3.8, 4) is 11.5 Å². The molecule has 28 heavy (non-hydrogen) atoms. The van der Waals surface area contributed by atoms with Gasteiger partial charge in [0.05, 0.1) is 33.6 Å². The van der Waals surface area contributed by atoms with Crippen LogP contribution in [0.2, 0.25) is 10.0 Å². The molecule has 2 aromatic carbocycles. The van der Waals surface area contributed by atoms with Gasteiger partial charge in [0.15, 0.2) is 0 Å². The van der Waals surface area contributed by atoms with E-state index in [1.165, 1.54) is 29.1 Å². The molecule has 0 fully saturated rings. The molecular weight excluding hydrogens is 407 g/mol. The zero-order chi connectivity index (χ0) is 20.3. The Bertz CT molecular complexity index is 1030. The lowest BCUT2D eigenvalue weighted by Crippen LogP contribution is -2.20. The molecule has 0 atom stereocenters. The number of benzene rings is 2. The summed E-state index contributed by atoms with van der Waals surface area (Å²) in [5.74, 6) is 0.231. The number of hydrogen-bond donors (Lipinski definition) is 1. The minimum absolute atomic E-state index is 0.0887. The van der Waals surface area contributed by atoms with Gasteiger partial charge in [-0.2, -0.15) is 5.10 Å². The lowest BCUT2D eigenvalue weighted by Gasteiger charge is -2.10. The van der Waals surface area contributed by atoms with Gasteiger partial charge in [-0.1, -0.05) is 23.2 Å². The zero-order valence-electron chi connectivity index (χ0n) is 14.6. The minimum atomic E-state index is -0.568. The maximum absolute atomic E-state index is 12.3. The van der Waals surface area contributed by atoms with Gasteiger partial charge in [0.2, 0.25) is 5.91 Å². The summed E-state index contributed by atoms with van der Waals surface area (Å²) in [4.78, 5) is 22.9. The molecule has 0 bridgehead atoms. The number of rotatable bonds is 6. The highest BCUT2D eigenvalue weighted by Gasteiger charge is 2.14. The summed E-state index contributed by atoms with van der Waals surface area (Å²) in [7, 11) is 0. The fourth-order valence-electron chi connectivity index (χ4n) is 2.38. The van der Waals surface area contributed by atoms with Crippen LogP contribution >= 0.6 is 23.2 Å². The summed E-state index contributed by atoms with van der Waals surface area (Å²) in [6, 6.07) is 10.5. The van der Waals surface area contributed by atoms with Crippen molar-refractivity contribution < 1.29 is 14.5 Å². The van der Waals surface area contributed by atoms with Crippen molar-refractivity contribution in [3.05, 3.63) is 74.5 Å². The van der Waals surface area contributed by atoms with Gasteiger partial charge in [-0.05, 0) is 31.2 Å². The fraction of sp³-hybridized carbons (Fsp3) is 0.111. The van der Waals surface area contributed by atoms with Crippen LogP contribution in [0.15, 0.2) is 48.7 Å². The Morgan fingerprint density at radius 2 is 1.93 bits per heavy atom.